The fourth-order valence-corrected chi connectivity index (χ4v) is 2.49. The quantitative estimate of drug-likeness (QED) is 0.774. The maximum atomic E-state index is 11.9. The van der Waals surface area contributed by atoms with Crippen molar-refractivity contribution in [1.29, 1.82) is 0 Å². The molecule has 2 unspecified atom stereocenters. The smallest absolute Gasteiger partial charge is 0.238 e. The fraction of sp³-hybridized carbons (Fsp3) is 0.533. The third-order valence-electron chi connectivity index (χ3n) is 3.85. The Labute approximate surface area is 129 Å². The number of carbonyl (C=O) groups excluding carboxylic acids is 1. The summed E-state index contributed by atoms with van der Waals surface area (Å²) in [5, 5.41) is 16.7. The molecule has 1 aliphatic rings. The van der Waals surface area contributed by atoms with Gasteiger partial charge in [-0.15, -0.1) is 0 Å². The van der Waals surface area contributed by atoms with Gasteiger partial charge in [0.1, 0.15) is 5.60 Å². The second kappa shape index (κ2) is 6.75. The number of rotatable bonds is 5. The average Bonchev–Trinajstić information content (AvgIpc) is 2.74. The van der Waals surface area contributed by atoms with Gasteiger partial charge >= 0.3 is 0 Å². The molecule has 1 aromatic rings. The van der Waals surface area contributed by atoms with Crippen LogP contribution in [-0.4, -0.2) is 42.4 Å². The van der Waals surface area contributed by atoms with Gasteiger partial charge in [0, 0.05) is 30.3 Å². The van der Waals surface area contributed by atoms with Crippen molar-refractivity contribution in [1.82, 2.24) is 5.32 Å². The van der Waals surface area contributed by atoms with E-state index in [4.69, 9.17) is 16.3 Å². The first-order chi connectivity index (χ1) is 9.90. The zero-order chi connectivity index (χ0) is 15.5. The molecule has 1 aromatic carbocycles. The standard InChI is InChI=1S/C15H21ClN2O3/c1-10-3-4-12(16)7-13(10)18-14(19)8-17-9-15(20)5-6-21-11(15)2/h3-4,7,11,17,20H,5-6,8-9H2,1-2H3,(H,18,19). The Bertz CT molecular complexity index is 524. The van der Waals surface area contributed by atoms with E-state index in [-0.39, 0.29) is 18.6 Å². The van der Waals surface area contributed by atoms with Crippen LogP contribution in [0.1, 0.15) is 18.9 Å². The molecule has 0 aliphatic carbocycles. The lowest BCUT2D eigenvalue weighted by Gasteiger charge is -2.26. The summed E-state index contributed by atoms with van der Waals surface area (Å²) < 4.78 is 5.35. The Kier molecular flexibility index (Phi) is 5.22. The van der Waals surface area contributed by atoms with Crippen molar-refractivity contribution in [2.45, 2.75) is 32.0 Å². The van der Waals surface area contributed by atoms with Gasteiger partial charge in [-0.1, -0.05) is 17.7 Å². The number of carbonyl (C=O) groups is 1. The van der Waals surface area contributed by atoms with Gasteiger partial charge < -0.3 is 20.5 Å². The van der Waals surface area contributed by atoms with Crippen molar-refractivity contribution in [3.8, 4) is 0 Å². The van der Waals surface area contributed by atoms with Gasteiger partial charge in [-0.2, -0.15) is 0 Å². The van der Waals surface area contributed by atoms with Gasteiger partial charge in [-0.25, -0.2) is 0 Å². The second-order valence-corrected chi connectivity index (χ2v) is 5.91. The minimum atomic E-state index is -0.897. The fourth-order valence-electron chi connectivity index (χ4n) is 2.32. The van der Waals surface area contributed by atoms with E-state index in [0.717, 1.165) is 5.56 Å². The van der Waals surface area contributed by atoms with Crippen molar-refractivity contribution in [3.63, 3.8) is 0 Å². The minimum absolute atomic E-state index is 0.126. The summed E-state index contributed by atoms with van der Waals surface area (Å²) in [6.45, 7) is 4.74. The van der Waals surface area contributed by atoms with E-state index in [1.807, 2.05) is 19.9 Å². The Morgan fingerprint density at radius 1 is 1.57 bits per heavy atom. The number of hydrogen-bond acceptors (Lipinski definition) is 4. The van der Waals surface area contributed by atoms with Crippen LogP contribution in [0.25, 0.3) is 0 Å². The summed E-state index contributed by atoms with van der Waals surface area (Å²) >= 11 is 5.91. The number of ether oxygens (including phenoxy) is 1. The molecular formula is C15H21ClN2O3. The van der Waals surface area contributed by atoms with E-state index >= 15 is 0 Å². The van der Waals surface area contributed by atoms with Crippen LogP contribution in [0.3, 0.4) is 0 Å². The molecule has 1 aliphatic heterocycles. The number of aryl methyl sites for hydroxylation is 1. The second-order valence-electron chi connectivity index (χ2n) is 5.48. The summed E-state index contributed by atoms with van der Waals surface area (Å²) in [5.74, 6) is -0.171. The highest BCUT2D eigenvalue weighted by molar-refractivity contribution is 6.31. The minimum Gasteiger partial charge on any atom is -0.386 e. The number of aliphatic hydroxyl groups is 1. The lowest BCUT2D eigenvalue weighted by molar-refractivity contribution is -0.115. The number of benzene rings is 1. The van der Waals surface area contributed by atoms with Gasteiger partial charge in [0.25, 0.3) is 0 Å². The van der Waals surface area contributed by atoms with Crippen LogP contribution in [0.4, 0.5) is 5.69 Å². The van der Waals surface area contributed by atoms with Crippen molar-refractivity contribution in [2.24, 2.45) is 0 Å². The van der Waals surface area contributed by atoms with E-state index in [9.17, 15) is 9.90 Å². The highest BCUT2D eigenvalue weighted by Crippen LogP contribution is 2.24. The molecule has 2 atom stereocenters. The van der Waals surface area contributed by atoms with E-state index in [2.05, 4.69) is 10.6 Å². The maximum absolute atomic E-state index is 11.9. The van der Waals surface area contributed by atoms with Crippen molar-refractivity contribution in [3.05, 3.63) is 28.8 Å². The largest absolute Gasteiger partial charge is 0.386 e. The van der Waals surface area contributed by atoms with Gasteiger partial charge in [0.15, 0.2) is 0 Å². The van der Waals surface area contributed by atoms with E-state index < -0.39 is 5.60 Å². The third-order valence-corrected chi connectivity index (χ3v) is 4.09. The Hall–Kier alpha value is -1.14. The maximum Gasteiger partial charge on any atom is 0.238 e. The first kappa shape index (κ1) is 16.2. The molecule has 0 radical (unpaired) electrons. The zero-order valence-electron chi connectivity index (χ0n) is 12.3. The third kappa shape index (κ3) is 4.17. The average molecular weight is 313 g/mol. The molecular weight excluding hydrogens is 292 g/mol. The lowest BCUT2D eigenvalue weighted by Crippen LogP contribution is -2.47. The van der Waals surface area contributed by atoms with Crippen molar-refractivity contribution < 1.29 is 14.6 Å². The molecule has 0 bridgehead atoms. The van der Waals surface area contributed by atoms with Crippen LogP contribution >= 0.6 is 11.6 Å². The number of amides is 1. The van der Waals surface area contributed by atoms with Gasteiger partial charge in [-0.05, 0) is 31.5 Å². The Morgan fingerprint density at radius 2 is 2.33 bits per heavy atom. The van der Waals surface area contributed by atoms with Crippen LogP contribution in [-0.2, 0) is 9.53 Å². The van der Waals surface area contributed by atoms with Gasteiger partial charge in [-0.3, -0.25) is 4.79 Å². The number of nitrogens with one attached hydrogen (secondary N) is 2. The van der Waals surface area contributed by atoms with Crippen LogP contribution in [0.15, 0.2) is 18.2 Å². The van der Waals surface area contributed by atoms with Crippen LogP contribution < -0.4 is 10.6 Å². The molecule has 1 fully saturated rings. The summed E-state index contributed by atoms with van der Waals surface area (Å²) in [4.78, 5) is 11.9. The molecule has 1 saturated heterocycles. The highest BCUT2D eigenvalue weighted by atomic mass is 35.5. The zero-order valence-corrected chi connectivity index (χ0v) is 13.0. The number of anilines is 1. The molecule has 3 N–H and O–H groups in total. The summed E-state index contributed by atoms with van der Waals surface area (Å²) in [7, 11) is 0. The molecule has 0 aromatic heterocycles. The van der Waals surface area contributed by atoms with Crippen molar-refractivity contribution in [2.75, 3.05) is 25.0 Å². The molecule has 1 amide bonds. The van der Waals surface area contributed by atoms with Gasteiger partial charge in [0.05, 0.1) is 12.6 Å². The molecule has 6 heteroatoms. The molecule has 2 rings (SSSR count). The molecule has 5 nitrogen and oxygen atoms in total. The highest BCUT2D eigenvalue weighted by Gasteiger charge is 2.39. The normalized spacial score (nSPS) is 25.0. The van der Waals surface area contributed by atoms with E-state index in [0.29, 0.717) is 30.3 Å². The number of halogens is 1. The summed E-state index contributed by atoms with van der Waals surface area (Å²) in [6, 6.07) is 5.35. The van der Waals surface area contributed by atoms with Crippen LogP contribution in [0.2, 0.25) is 5.02 Å². The number of hydrogen-bond donors (Lipinski definition) is 3. The molecule has 0 saturated carbocycles. The lowest BCUT2D eigenvalue weighted by atomic mass is 9.97. The Morgan fingerprint density at radius 3 is 3.00 bits per heavy atom. The monoisotopic (exact) mass is 312 g/mol. The SMILES string of the molecule is Cc1ccc(Cl)cc1NC(=O)CNCC1(O)CCOC1C. The van der Waals surface area contributed by atoms with Crippen LogP contribution in [0.5, 0.6) is 0 Å². The topological polar surface area (TPSA) is 70.6 Å². The first-order valence-electron chi connectivity index (χ1n) is 7.01. The molecule has 1 heterocycles. The van der Waals surface area contributed by atoms with Crippen LogP contribution in [0, 0.1) is 6.92 Å². The summed E-state index contributed by atoms with van der Waals surface area (Å²) in [6.07, 6.45) is 0.360. The van der Waals surface area contributed by atoms with Gasteiger partial charge in [0.2, 0.25) is 5.91 Å². The predicted octanol–water partition coefficient (Wildman–Crippen LogP) is 1.72. The predicted molar refractivity (Wildman–Crippen MR) is 82.7 cm³/mol. The van der Waals surface area contributed by atoms with E-state index in [1.165, 1.54) is 0 Å². The Balaban J connectivity index is 1.81. The molecule has 116 valence electrons. The van der Waals surface area contributed by atoms with Crippen molar-refractivity contribution >= 4 is 23.2 Å². The first-order valence-corrected chi connectivity index (χ1v) is 7.39. The summed E-state index contributed by atoms with van der Waals surface area (Å²) in [5.41, 5.74) is 0.751. The van der Waals surface area contributed by atoms with E-state index in [1.54, 1.807) is 12.1 Å². The molecule has 0 spiro atoms. The molecule has 21 heavy (non-hydrogen) atoms.